The Balaban J connectivity index is 2.28. The average Bonchev–Trinajstić information content (AvgIpc) is 2.57. The highest BCUT2D eigenvalue weighted by Crippen LogP contribution is 2.30. The van der Waals surface area contributed by atoms with Gasteiger partial charge in [0, 0.05) is 13.1 Å². The van der Waals surface area contributed by atoms with E-state index in [1.807, 2.05) is 24.3 Å². The maximum absolute atomic E-state index is 12.4. The first-order valence-electron chi connectivity index (χ1n) is 8.66. The van der Waals surface area contributed by atoms with Gasteiger partial charge in [-0.1, -0.05) is 12.1 Å². The third-order valence-corrected chi connectivity index (χ3v) is 4.52. The fourth-order valence-electron chi connectivity index (χ4n) is 2.76. The van der Waals surface area contributed by atoms with Gasteiger partial charge in [-0.2, -0.15) is 8.42 Å². The number of carbonyl (C=O) groups is 1. The molecular weight excluding hydrogens is 370 g/mol. The number of carbonyl (C=O) groups excluding carboxylic acids is 1. The Kier molecular flexibility index (Phi) is 6.54. The van der Waals surface area contributed by atoms with Crippen LogP contribution in [0.5, 0.6) is 5.75 Å². The molecule has 0 N–H and O–H groups in total. The van der Waals surface area contributed by atoms with E-state index in [2.05, 4.69) is 0 Å². The fraction of sp³-hybridized carbons (Fsp3) is 0.526. The molecule has 0 fully saturated rings. The molecule has 2 rings (SSSR count). The number of hydrogen-bond acceptors (Lipinski definition) is 6. The van der Waals surface area contributed by atoms with Crippen LogP contribution in [0.1, 0.15) is 32.8 Å². The Hall–Kier alpha value is -2.06. The summed E-state index contributed by atoms with van der Waals surface area (Å²) in [7, 11) is -2.00. The van der Waals surface area contributed by atoms with Crippen molar-refractivity contribution in [1.29, 1.82) is 0 Å². The summed E-state index contributed by atoms with van der Waals surface area (Å²) in [5.74, 6) is 0.736. The smallest absolute Gasteiger partial charge is 0.410 e. The molecule has 8 heteroatoms. The van der Waals surface area contributed by atoms with E-state index in [1.165, 1.54) is 0 Å². The highest BCUT2D eigenvalue weighted by molar-refractivity contribution is 7.86. The van der Waals surface area contributed by atoms with Gasteiger partial charge < -0.3 is 14.4 Å². The van der Waals surface area contributed by atoms with E-state index in [9.17, 15) is 13.2 Å². The first kappa shape index (κ1) is 21.2. The largest absolute Gasteiger partial charge is 0.497 e. The molecule has 0 aromatic heterocycles. The van der Waals surface area contributed by atoms with Gasteiger partial charge in [0.25, 0.3) is 10.1 Å². The molecule has 1 aromatic rings. The second-order valence-electron chi connectivity index (χ2n) is 7.43. The van der Waals surface area contributed by atoms with Crippen molar-refractivity contribution in [3.8, 4) is 5.75 Å². The molecule has 0 radical (unpaired) electrons. The molecular formula is C19H27NO6S. The highest BCUT2D eigenvalue weighted by atomic mass is 32.2. The molecule has 27 heavy (non-hydrogen) atoms. The third-order valence-electron chi connectivity index (χ3n) is 3.98. The summed E-state index contributed by atoms with van der Waals surface area (Å²) in [4.78, 5) is 14.0. The van der Waals surface area contributed by atoms with E-state index < -0.39 is 21.8 Å². The topological polar surface area (TPSA) is 82.1 Å². The summed E-state index contributed by atoms with van der Waals surface area (Å²) in [6.07, 6.45) is 1.16. The third kappa shape index (κ3) is 6.55. The lowest BCUT2D eigenvalue weighted by Crippen LogP contribution is -2.41. The SMILES string of the molecule is COc1ccc(C2=C(COS(C)(=O)=O)CN(C(=O)OC(C)(C)C)CC2)cc1. The Morgan fingerprint density at radius 2 is 1.81 bits per heavy atom. The molecule has 1 heterocycles. The van der Waals surface area contributed by atoms with Crippen LogP contribution in [-0.2, 0) is 19.0 Å². The number of amides is 1. The number of methoxy groups -OCH3 is 1. The van der Waals surface area contributed by atoms with E-state index in [0.717, 1.165) is 28.7 Å². The Labute approximate surface area is 161 Å². The molecule has 1 aromatic carbocycles. The van der Waals surface area contributed by atoms with Gasteiger partial charge in [-0.25, -0.2) is 4.79 Å². The van der Waals surface area contributed by atoms with Crippen molar-refractivity contribution >= 4 is 21.8 Å². The van der Waals surface area contributed by atoms with Crippen LogP contribution < -0.4 is 4.74 Å². The van der Waals surface area contributed by atoms with Gasteiger partial charge >= 0.3 is 6.09 Å². The number of ether oxygens (including phenoxy) is 2. The molecule has 0 atom stereocenters. The predicted molar refractivity (Wildman–Crippen MR) is 103 cm³/mol. The van der Waals surface area contributed by atoms with Gasteiger partial charge in [0.15, 0.2) is 0 Å². The van der Waals surface area contributed by atoms with Crippen molar-refractivity contribution in [1.82, 2.24) is 4.90 Å². The summed E-state index contributed by atoms with van der Waals surface area (Å²) < 4.78 is 38.5. The summed E-state index contributed by atoms with van der Waals surface area (Å²) in [6, 6.07) is 7.52. The first-order chi connectivity index (χ1) is 12.5. The molecule has 1 amide bonds. The minimum atomic E-state index is -3.60. The van der Waals surface area contributed by atoms with Gasteiger partial charge in [-0.15, -0.1) is 0 Å². The lowest BCUT2D eigenvalue weighted by Gasteiger charge is -2.32. The number of hydrogen-bond donors (Lipinski definition) is 0. The quantitative estimate of drug-likeness (QED) is 0.710. The maximum Gasteiger partial charge on any atom is 0.410 e. The number of rotatable bonds is 5. The number of nitrogens with zero attached hydrogens (tertiary/aromatic N) is 1. The van der Waals surface area contributed by atoms with Gasteiger partial charge in [-0.05, 0) is 56.0 Å². The van der Waals surface area contributed by atoms with Gasteiger partial charge in [0.05, 0.1) is 20.0 Å². The van der Waals surface area contributed by atoms with Crippen molar-refractivity contribution < 1.29 is 26.9 Å². The monoisotopic (exact) mass is 397 g/mol. The van der Waals surface area contributed by atoms with Crippen LogP contribution >= 0.6 is 0 Å². The van der Waals surface area contributed by atoms with Crippen molar-refractivity contribution in [2.45, 2.75) is 32.8 Å². The molecule has 0 saturated carbocycles. The van der Waals surface area contributed by atoms with E-state index >= 15 is 0 Å². The number of benzene rings is 1. The van der Waals surface area contributed by atoms with Crippen LogP contribution in [0.25, 0.3) is 5.57 Å². The second-order valence-corrected chi connectivity index (χ2v) is 9.07. The molecule has 150 valence electrons. The van der Waals surface area contributed by atoms with Crippen LogP contribution in [-0.4, -0.2) is 58.1 Å². The zero-order valence-corrected chi connectivity index (χ0v) is 17.3. The Morgan fingerprint density at radius 1 is 1.19 bits per heavy atom. The average molecular weight is 397 g/mol. The Bertz CT molecular complexity index is 806. The molecule has 0 aliphatic carbocycles. The van der Waals surface area contributed by atoms with Crippen LogP contribution in [0.3, 0.4) is 0 Å². The molecule has 1 aliphatic rings. The minimum absolute atomic E-state index is 0.0977. The second kappa shape index (κ2) is 8.31. The maximum atomic E-state index is 12.4. The van der Waals surface area contributed by atoms with Crippen molar-refractivity contribution in [3.05, 3.63) is 35.4 Å². The van der Waals surface area contributed by atoms with Crippen LogP contribution in [0.2, 0.25) is 0 Å². The van der Waals surface area contributed by atoms with E-state index in [4.69, 9.17) is 13.7 Å². The first-order valence-corrected chi connectivity index (χ1v) is 10.5. The van der Waals surface area contributed by atoms with Gasteiger partial charge in [0.1, 0.15) is 11.4 Å². The zero-order valence-electron chi connectivity index (χ0n) is 16.4. The standard InChI is InChI=1S/C19H27NO6S/c1-19(2,3)26-18(21)20-11-10-17(14-6-8-16(24-4)9-7-14)15(12-20)13-25-27(5,22)23/h6-9H,10-13H2,1-5H3. The highest BCUT2D eigenvalue weighted by Gasteiger charge is 2.28. The summed E-state index contributed by atoms with van der Waals surface area (Å²) in [5.41, 5.74) is 2.07. The molecule has 7 nitrogen and oxygen atoms in total. The Morgan fingerprint density at radius 3 is 2.33 bits per heavy atom. The molecule has 0 saturated heterocycles. The van der Waals surface area contributed by atoms with E-state index in [0.29, 0.717) is 13.0 Å². The molecule has 0 unspecified atom stereocenters. The lowest BCUT2D eigenvalue weighted by atomic mass is 9.94. The summed E-state index contributed by atoms with van der Waals surface area (Å²) in [6.45, 7) is 6.06. The zero-order chi connectivity index (χ0) is 20.2. The predicted octanol–water partition coefficient (Wildman–Crippen LogP) is 3.07. The van der Waals surface area contributed by atoms with Crippen LogP contribution in [0, 0.1) is 0 Å². The summed E-state index contributed by atoms with van der Waals surface area (Å²) >= 11 is 0. The fourth-order valence-corrected chi connectivity index (χ4v) is 3.12. The molecule has 1 aliphatic heterocycles. The molecule has 0 spiro atoms. The van der Waals surface area contributed by atoms with Gasteiger partial charge in [-0.3, -0.25) is 4.18 Å². The van der Waals surface area contributed by atoms with E-state index in [-0.39, 0.29) is 13.2 Å². The van der Waals surface area contributed by atoms with Crippen molar-refractivity contribution in [2.24, 2.45) is 0 Å². The van der Waals surface area contributed by atoms with E-state index in [1.54, 1.807) is 32.8 Å². The van der Waals surface area contributed by atoms with Crippen molar-refractivity contribution in [2.75, 3.05) is 33.1 Å². The van der Waals surface area contributed by atoms with Crippen LogP contribution in [0.15, 0.2) is 29.8 Å². The normalized spacial score (nSPS) is 15.7. The molecule has 0 bridgehead atoms. The van der Waals surface area contributed by atoms with Gasteiger partial charge in [0.2, 0.25) is 0 Å². The van der Waals surface area contributed by atoms with Crippen molar-refractivity contribution in [3.63, 3.8) is 0 Å². The van der Waals surface area contributed by atoms with Crippen LogP contribution in [0.4, 0.5) is 4.79 Å². The summed E-state index contributed by atoms with van der Waals surface area (Å²) in [5, 5.41) is 0. The minimum Gasteiger partial charge on any atom is -0.497 e. The lowest BCUT2D eigenvalue weighted by molar-refractivity contribution is 0.0261.